The first kappa shape index (κ1) is 18.1. The number of ether oxygens (including phenoxy) is 2. The molecule has 1 aromatic carbocycles. The van der Waals surface area contributed by atoms with Crippen molar-refractivity contribution in [3.8, 4) is 5.75 Å². The summed E-state index contributed by atoms with van der Waals surface area (Å²) in [6.45, 7) is 3.38. The summed E-state index contributed by atoms with van der Waals surface area (Å²) in [6.07, 6.45) is 0. The lowest BCUT2D eigenvalue weighted by Gasteiger charge is -2.10. The van der Waals surface area contributed by atoms with E-state index in [1.165, 1.54) is 7.11 Å². The van der Waals surface area contributed by atoms with Crippen LogP contribution in [0.15, 0.2) is 34.7 Å². The highest BCUT2D eigenvalue weighted by Crippen LogP contribution is 2.07. The summed E-state index contributed by atoms with van der Waals surface area (Å²) in [5.74, 6) is 0.0945. The quantitative estimate of drug-likeness (QED) is 0.794. The summed E-state index contributed by atoms with van der Waals surface area (Å²) < 4.78 is 32.8. The minimum Gasteiger partial charge on any atom is -0.497 e. The highest BCUT2D eigenvalue weighted by atomic mass is 32.2. The molecule has 1 rings (SSSR count). The number of para-hydroxylation sites is 1. The second kappa shape index (κ2) is 9.96. The van der Waals surface area contributed by atoms with Crippen molar-refractivity contribution in [1.82, 2.24) is 0 Å². The maximum atomic E-state index is 10.9. The van der Waals surface area contributed by atoms with Gasteiger partial charge in [-0.1, -0.05) is 32.0 Å². The molecular formula is C13H19NO5S. The van der Waals surface area contributed by atoms with Gasteiger partial charge >= 0.3 is 16.5 Å². The molecule has 112 valence electrons. The Bertz CT molecular complexity index is 517. The van der Waals surface area contributed by atoms with E-state index in [0.29, 0.717) is 0 Å². The van der Waals surface area contributed by atoms with Gasteiger partial charge in [-0.25, -0.2) is 4.79 Å². The fourth-order valence-electron chi connectivity index (χ4n) is 1.21. The molecule has 1 atom stereocenters. The molecule has 0 saturated carbocycles. The van der Waals surface area contributed by atoms with Crippen molar-refractivity contribution in [2.75, 3.05) is 14.2 Å². The zero-order chi connectivity index (χ0) is 15.5. The molecule has 0 spiro atoms. The van der Waals surface area contributed by atoms with Crippen LogP contribution in [-0.2, 0) is 20.0 Å². The van der Waals surface area contributed by atoms with Crippen LogP contribution in [0.4, 0.5) is 0 Å². The van der Waals surface area contributed by atoms with Crippen LogP contribution >= 0.6 is 0 Å². The number of nitrogens with zero attached hydrogens (tertiary/aromatic N) is 1. The van der Waals surface area contributed by atoms with Crippen LogP contribution in [0.25, 0.3) is 0 Å². The number of esters is 1. The topological polar surface area (TPSA) is 82.0 Å². The monoisotopic (exact) mass is 301 g/mol. The largest absolute Gasteiger partial charge is 0.497 e. The van der Waals surface area contributed by atoms with E-state index in [-0.39, 0.29) is 5.92 Å². The van der Waals surface area contributed by atoms with Crippen molar-refractivity contribution < 1.29 is 22.7 Å². The highest BCUT2D eigenvalue weighted by molar-refractivity contribution is 7.61. The summed E-state index contributed by atoms with van der Waals surface area (Å²) in [4.78, 5) is 10.9. The van der Waals surface area contributed by atoms with E-state index in [1.807, 2.05) is 30.3 Å². The van der Waals surface area contributed by atoms with Gasteiger partial charge in [0.05, 0.1) is 14.2 Å². The second-order valence-electron chi connectivity index (χ2n) is 4.05. The van der Waals surface area contributed by atoms with E-state index < -0.39 is 22.5 Å². The number of carbonyl (C=O) groups excluding carboxylic acids is 1. The summed E-state index contributed by atoms with van der Waals surface area (Å²) in [6, 6.07) is 8.76. The van der Waals surface area contributed by atoms with Gasteiger partial charge in [0.1, 0.15) is 5.75 Å². The molecule has 0 bridgehead atoms. The lowest BCUT2D eigenvalue weighted by Crippen LogP contribution is -2.25. The fourth-order valence-corrected chi connectivity index (χ4v) is 1.72. The number of hydrogen-bond donors (Lipinski definition) is 0. The van der Waals surface area contributed by atoms with Crippen molar-refractivity contribution in [3.63, 3.8) is 0 Å². The molecule has 6 nitrogen and oxygen atoms in total. The van der Waals surface area contributed by atoms with E-state index in [2.05, 4.69) is 9.10 Å². The van der Waals surface area contributed by atoms with E-state index >= 15 is 0 Å². The summed E-state index contributed by atoms with van der Waals surface area (Å²) in [7, 11) is 0.293. The van der Waals surface area contributed by atoms with Gasteiger partial charge in [-0.2, -0.15) is 12.8 Å². The van der Waals surface area contributed by atoms with Crippen molar-refractivity contribution in [1.29, 1.82) is 0 Å². The average molecular weight is 301 g/mol. The SMILES string of the molecule is COC(=O)C(N=S(=O)=O)C(C)C.COc1ccccc1. The molecule has 0 aliphatic heterocycles. The van der Waals surface area contributed by atoms with Gasteiger partial charge in [0.2, 0.25) is 0 Å². The molecule has 0 heterocycles. The van der Waals surface area contributed by atoms with Gasteiger partial charge in [-0.05, 0) is 18.1 Å². The molecule has 0 fully saturated rings. The van der Waals surface area contributed by atoms with Crippen LogP contribution < -0.4 is 4.74 Å². The molecule has 1 aromatic rings. The lowest BCUT2D eigenvalue weighted by atomic mass is 10.1. The normalized spacial score (nSPS) is 10.8. The van der Waals surface area contributed by atoms with E-state index in [1.54, 1.807) is 21.0 Å². The number of carbonyl (C=O) groups is 1. The van der Waals surface area contributed by atoms with Crippen molar-refractivity contribution >= 4 is 16.5 Å². The molecule has 0 radical (unpaired) electrons. The molecular weight excluding hydrogens is 282 g/mol. The van der Waals surface area contributed by atoms with E-state index in [9.17, 15) is 13.2 Å². The third-order valence-electron chi connectivity index (χ3n) is 2.25. The fraction of sp³-hybridized carbons (Fsp3) is 0.462. The van der Waals surface area contributed by atoms with Gasteiger partial charge in [0.25, 0.3) is 0 Å². The van der Waals surface area contributed by atoms with Crippen LogP contribution in [0.1, 0.15) is 13.8 Å². The zero-order valence-electron chi connectivity index (χ0n) is 11.9. The van der Waals surface area contributed by atoms with Crippen molar-refractivity contribution in [3.05, 3.63) is 30.3 Å². The summed E-state index contributed by atoms with van der Waals surface area (Å²) >= 11 is 0. The third kappa shape index (κ3) is 7.52. The van der Waals surface area contributed by atoms with Gasteiger partial charge in [-0.15, -0.1) is 0 Å². The molecule has 7 heteroatoms. The van der Waals surface area contributed by atoms with Gasteiger partial charge in [-0.3, -0.25) is 0 Å². The van der Waals surface area contributed by atoms with Crippen LogP contribution in [0.5, 0.6) is 5.75 Å². The Morgan fingerprint density at radius 2 is 1.70 bits per heavy atom. The first-order valence-corrected chi connectivity index (χ1v) is 6.92. The van der Waals surface area contributed by atoms with Crippen LogP contribution in [0, 0.1) is 5.92 Å². The number of methoxy groups -OCH3 is 2. The second-order valence-corrected chi connectivity index (χ2v) is 4.70. The predicted molar refractivity (Wildman–Crippen MR) is 75.0 cm³/mol. The maximum Gasteiger partial charge on any atom is 0.332 e. The highest BCUT2D eigenvalue weighted by Gasteiger charge is 2.22. The molecule has 0 aliphatic carbocycles. The molecule has 20 heavy (non-hydrogen) atoms. The average Bonchev–Trinajstić information content (AvgIpc) is 2.45. The van der Waals surface area contributed by atoms with Gasteiger partial charge < -0.3 is 9.47 Å². The Labute approximate surface area is 120 Å². The molecule has 0 amide bonds. The minimum atomic E-state index is -2.56. The first-order valence-electron chi connectivity index (χ1n) is 5.89. The van der Waals surface area contributed by atoms with Crippen LogP contribution in [-0.4, -0.2) is 34.6 Å². The number of hydrogen-bond acceptors (Lipinski definition) is 6. The Balaban J connectivity index is 0.000000388. The molecule has 0 aliphatic rings. The first-order chi connectivity index (χ1) is 9.42. The molecule has 0 saturated heterocycles. The van der Waals surface area contributed by atoms with Gasteiger partial charge in [0, 0.05) is 0 Å². The predicted octanol–water partition coefficient (Wildman–Crippen LogP) is 1.94. The molecule has 0 N–H and O–H groups in total. The Kier molecular flexibility index (Phi) is 9.02. The Morgan fingerprint density at radius 3 is 2.00 bits per heavy atom. The smallest absolute Gasteiger partial charge is 0.332 e. The lowest BCUT2D eigenvalue weighted by molar-refractivity contribution is -0.143. The van der Waals surface area contributed by atoms with Crippen LogP contribution in [0.3, 0.4) is 0 Å². The van der Waals surface area contributed by atoms with Gasteiger partial charge in [0.15, 0.2) is 6.04 Å². The minimum absolute atomic E-state index is 0.185. The number of rotatable bonds is 4. The Morgan fingerprint density at radius 1 is 1.15 bits per heavy atom. The maximum absolute atomic E-state index is 10.9. The molecule has 0 aromatic heterocycles. The van der Waals surface area contributed by atoms with Crippen molar-refractivity contribution in [2.45, 2.75) is 19.9 Å². The standard InChI is InChI=1S/C7H8O.C6H11NO4S/c1-8-7-5-3-2-4-6-7;1-4(2)5(6(8)11-3)7-12(9)10/h2-6H,1H3;4-5H,1-3H3. The van der Waals surface area contributed by atoms with Crippen LogP contribution in [0.2, 0.25) is 0 Å². The summed E-state index contributed by atoms with van der Waals surface area (Å²) in [5, 5.41) is 0. The molecule has 1 unspecified atom stereocenters. The van der Waals surface area contributed by atoms with E-state index in [0.717, 1.165) is 5.75 Å². The van der Waals surface area contributed by atoms with E-state index in [4.69, 9.17) is 4.74 Å². The summed E-state index contributed by atoms with van der Waals surface area (Å²) in [5.41, 5.74) is 0. The van der Waals surface area contributed by atoms with Crippen molar-refractivity contribution in [2.24, 2.45) is 10.3 Å². The Hall–Kier alpha value is -1.89. The third-order valence-corrected chi connectivity index (χ3v) is 2.65. The number of benzene rings is 1. The zero-order valence-corrected chi connectivity index (χ0v) is 12.8.